The monoisotopic (exact) mass is 202 g/mol. The minimum Gasteiger partial charge on any atom is -0.348 e. The molecule has 0 amide bonds. The molecule has 0 aliphatic heterocycles. The van der Waals surface area contributed by atoms with E-state index in [0.29, 0.717) is 18.4 Å². The Morgan fingerprint density at radius 1 is 1.47 bits per heavy atom. The lowest BCUT2D eigenvalue weighted by Crippen LogP contribution is -1.86. The van der Waals surface area contributed by atoms with Gasteiger partial charge in [0, 0.05) is 25.1 Å². The van der Waals surface area contributed by atoms with Crippen LogP contribution in [0.1, 0.15) is 12.0 Å². The number of fused-ring (bicyclic) bond motifs is 1. The van der Waals surface area contributed by atoms with E-state index in [1.807, 2.05) is 19.3 Å². The second-order valence-electron chi connectivity index (χ2n) is 3.56. The van der Waals surface area contributed by atoms with E-state index in [4.69, 9.17) is 5.26 Å². The van der Waals surface area contributed by atoms with Gasteiger partial charge in [-0.3, -0.25) is 0 Å². The average molecular weight is 202 g/mol. The summed E-state index contributed by atoms with van der Waals surface area (Å²) in [5, 5.41) is 9.44. The minimum atomic E-state index is -0.210. The Bertz CT molecular complexity index is 534. The number of para-hydroxylation sites is 1. The van der Waals surface area contributed by atoms with Crippen molar-refractivity contribution in [1.82, 2.24) is 4.57 Å². The summed E-state index contributed by atoms with van der Waals surface area (Å²) < 4.78 is 15.3. The van der Waals surface area contributed by atoms with Gasteiger partial charge in [-0.25, -0.2) is 4.39 Å². The number of benzene rings is 1. The van der Waals surface area contributed by atoms with Gasteiger partial charge >= 0.3 is 0 Å². The Hall–Kier alpha value is -1.82. The fraction of sp³-hybridized carbons (Fsp3) is 0.250. The van der Waals surface area contributed by atoms with Crippen molar-refractivity contribution in [1.29, 1.82) is 5.26 Å². The third kappa shape index (κ3) is 1.59. The van der Waals surface area contributed by atoms with Crippen LogP contribution >= 0.6 is 0 Å². The Kier molecular flexibility index (Phi) is 2.42. The Morgan fingerprint density at radius 3 is 3.00 bits per heavy atom. The zero-order valence-corrected chi connectivity index (χ0v) is 8.50. The maximum atomic E-state index is 13.5. The van der Waals surface area contributed by atoms with E-state index in [9.17, 15) is 4.39 Å². The summed E-state index contributed by atoms with van der Waals surface area (Å²) in [7, 11) is 1.82. The SMILES string of the molecule is Cn1cc(CCC#N)c2cccc(F)c21. The molecular formula is C12H11FN2. The van der Waals surface area contributed by atoms with E-state index in [0.717, 1.165) is 10.9 Å². The van der Waals surface area contributed by atoms with Crippen molar-refractivity contribution in [2.24, 2.45) is 7.05 Å². The number of hydrogen-bond donors (Lipinski definition) is 0. The lowest BCUT2D eigenvalue weighted by atomic mass is 10.1. The van der Waals surface area contributed by atoms with Crippen molar-refractivity contribution in [3.8, 4) is 6.07 Å². The van der Waals surface area contributed by atoms with Crippen molar-refractivity contribution in [3.63, 3.8) is 0 Å². The van der Waals surface area contributed by atoms with Crippen LogP contribution in [-0.2, 0) is 13.5 Å². The summed E-state index contributed by atoms with van der Waals surface area (Å²) in [5.74, 6) is -0.210. The molecule has 0 aliphatic carbocycles. The fourth-order valence-corrected chi connectivity index (χ4v) is 1.89. The van der Waals surface area contributed by atoms with Crippen LogP contribution in [0.25, 0.3) is 10.9 Å². The number of hydrogen-bond acceptors (Lipinski definition) is 1. The molecule has 3 heteroatoms. The topological polar surface area (TPSA) is 28.7 Å². The molecular weight excluding hydrogens is 191 g/mol. The maximum Gasteiger partial charge on any atom is 0.147 e. The minimum absolute atomic E-state index is 0.210. The number of nitrogens with zero attached hydrogens (tertiary/aromatic N) is 2. The van der Waals surface area contributed by atoms with Gasteiger partial charge in [0.15, 0.2) is 0 Å². The van der Waals surface area contributed by atoms with Crippen molar-refractivity contribution >= 4 is 10.9 Å². The third-order valence-corrected chi connectivity index (χ3v) is 2.54. The molecule has 0 unspecified atom stereocenters. The van der Waals surface area contributed by atoms with Crippen LogP contribution in [0.3, 0.4) is 0 Å². The standard InChI is InChI=1S/C12H11FN2/c1-15-8-9(4-3-7-14)10-5-2-6-11(13)12(10)15/h2,5-6,8H,3-4H2,1H3. The van der Waals surface area contributed by atoms with Crippen LogP contribution in [-0.4, -0.2) is 4.57 Å². The lowest BCUT2D eigenvalue weighted by molar-refractivity contribution is 0.632. The molecule has 1 aromatic carbocycles. The first-order chi connectivity index (χ1) is 7.24. The molecule has 1 heterocycles. The van der Waals surface area contributed by atoms with Gasteiger partial charge in [-0.2, -0.15) is 5.26 Å². The predicted molar refractivity (Wildman–Crippen MR) is 56.8 cm³/mol. The molecule has 0 saturated heterocycles. The van der Waals surface area contributed by atoms with Crippen molar-refractivity contribution in [2.75, 3.05) is 0 Å². The molecule has 2 rings (SSSR count). The van der Waals surface area contributed by atoms with Gasteiger partial charge in [0.05, 0.1) is 11.6 Å². The first kappa shape index (κ1) is 9.72. The molecule has 0 fully saturated rings. The van der Waals surface area contributed by atoms with Gasteiger partial charge in [-0.05, 0) is 18.1 Å². The molecule has 0 N–H and O–H groups in total. The van der Waals surface area contributed by atoms with Crippen LogP contribution in [0.15, 0.2) is 24.4 Å². The zero-order chi connectivity index (χ0) is 10.8. The van der Waals surface area contributed by atoms with Crippen molar-refractivity contribution < 1.29 is 4.39 Å². The average Bonchev–Trinajstić information content (AvgIpc) is 2.54. The largest absolute Gasteiger partial charge is 0.348 e. The quantitative estimate of drug-likeness (QED) is 0.736. The first-order valence-corrected chi connectivity index (χ1v) is 4.83. The second-order valence-corrected chi connectivity index (χ2v) is 3.56. The van der Waals surface area contributed by atoms with E-state index in [1.54, 1.807) is 10.6 Å². The van der Waals surface area contributed by atoms with Crippen LogP contribution in [0, 0.1) is 17.1 Å². The molecule has 0 aliphatic rings. The normalized spacial score (nSPS) is 10.5. The van der Waals surface area contributed by atoms with Gasteiger partial charge in [0.1, 0.15) is 5.82 Å². The summed E-state index contributed by atoms with van der Waals surface area (Å²) in [6, 6.07) is 7.15. The Morgan fingerprint density at radius 2 is 2.27 bits per heavy atom. The van der Waals surface area contributed by atoms with Crippen LogP contribution in [0.5, 0.6) is 0 Å². The van der Waals surface area contributed by atoms with Gasteiger partial charge in [0.25, 0.3) is 0 Å². The summed E-state index contributed by atoms with van der Waals surface area (Å²) in [6.07, 6.45) is 3.04. The highest BCUT2D eigenvalue weighted by Crippen LogP contribution is 2.23. The van der Waals surface area contributed by atoms with Crippen LogP contribution in [0.4, 0.5) is 4.39 Å². The lowest BCUT2D eigenvalue weighted by Gasteiger charge is -1.96. The maximum absolute atomic E-state index is 13.5. The second kappa shape index (κ2) is 3.74. The van der Waals surface area contributed by atoms with E-state index in [-0.39, 0.29) is 5.82 Å². The van der Waals surface area contributed by atoms with Crippen molar-refractivity contribution in [3.05, 3.63) is 35.8 Å². The molecule has 0 spiro atoms. The third-order valence-electron chi connectivity index (χ3n) is 2.54. The van der Waals surface area contributed by atoms with Crippen LogP contribution < -0.4 is 0 Å². The smallest absolute Gasteiger partial charge is 0.147 e. The fourth-order valence-electron chi connectivity index (χ4n) is 1.89. The van der Waals surface area contributed by atoms with E-state index in [2.05, 4.69) is 6.07 Å². The summed E-state index contributed by atoms with van der Waals surface area (Å²) in [6.45, 7) is 0. The van der Waals surface area contributed by atoms with Gasteiger partial charge in [0.2, 0.25) is 0 Å². The van der Waals surface area contributed by atoms with Crippen molar-refractivity contribution in [2.45, 2.75) is 12.8 Å². The Balaban J connectivity index is 2.59. The summed E-state index contributed by atoms with van der Waals surface area (Å²) in [5.41, 5.74) is 1.65. The highest BCUT2D eigenvalue weighted by Gasteiger charge is 2.09. The predicted octanol–water partition coefficient (Wildman–Crippen LogP) is 2.77. The summed E-state index contributed by atoms with van der Waals surface area (Å²) >= 11 is 0. The molecule has 0 bridgehead atoms. The highest BCUT2D eigenvalue weighted by molar-refractivity contribution is 5.84. The molecule has 76 valence electrons. The van der Waals surface area contributed by atoms with Gasteiger partial charge in [-0.15, -0.1) is 0 Å². The molecule has 0 radical (unpaired) electrons. The van der Waals surface area contributed by atoms with Gasteiger partial charge in [-0.1, -0.05) is 12.1 Å². The van der Waals surface area contributed by atoms with E-state index in [1.165, 1.54) is 6.07 Å². The molecule has 0 saturated carbocycles. The number of aryl methyl sites for hydroxylation is 2. The zero-order valence-electron chi connectivity index (χ0n) is 8.50. The molecule has 15 heavy (non-hydrogen) atoms. The first-order valence-electron chi connectivity index (χ1n) is 4.83. The van der Waals surface area contributed by atoms with E-state index < -0.39 is 0 Å². The molecule has 2 nitrogen and oxygen atoms in total. The molecule has 2 aromatic rings. The van der Waals surface area contributed by atoms with Crippen LogP contribution in [0.2, 0.25) is 0 Å². The number of nitriles is 1. The summed E-state index contributed by atoms with van der Waals surface area (Å²) in [4.78, 5) is 0. The van der Waals surface area contributed by atoms with E-state index >= 15 is 0 Å². The number of halogens is 1. The Labute approximate surface area is 87.6 Å². The highest BCUT2D eigenvalue weighted by atomic mass is 19.1. The van der Waals surface area contributed by atoms with Gasteiger partial charge < -0.3 is 4.57 Å². The molecule has 0 atom stereocenters. The number of rotatable bonds is 2. The molecule has 1 aromatic heterocycles. The number of aromatic nitrogens is 1.